The molecule has 0 radical (unpaired) electrons. The Balaban J connectivity index is 1.45. The third-order valence-electron chi connectivity index (χ3n) is 4.47. The Morgan fingerprint density at radius 3 is 2.57 bits per heavy atom. The fraction of sp³-hybridized carbons (Fsp3) is 0.0909. The molecule has 0 spiro atoms. The van der Waals surface area contributed by atoms with E-state index in [9.17, 15) is 4.39 Å². The fourth-order valence-electron chi connectivity index (χ4n) is 2.94. The van der Waals surface area contributed by atoms with E-state index in [1.807, 2.05) is 31.2 Å². The van der Waals surface area contributed by atoms with Crippen LogP contribution in [0.4, 0.5) is 27.8 Å². The van der Waals surface area contributed by atoms with Gasteiger partial charge in [0.05, 0.1) is 5.69 Å². The molecule has 0 amide bonds. The van der Waals surface area contributed by atoms with E-state index in [4.69, 9.17) is 5.73 Å². The number of rotatable bonds is 6. The Labute approximate surface area is 173 Å². The van der Waals surface area contributed by atoms with Crippen molar-refractivity contribution < 1.29 is 4.39 Å². The summed E-state index contributed by atoms with van der Waals surface area (Å²) in [7, 11) is 0. The van der Waals surface area contributed by atoms with Gasteiger partial charge in [-0.3, -0.25) is 0 Å². The fourth-order valence-corrected chi connectivity index (χ4v) is 2.94. The molecule has 0 fully saturated rings. The molecule has 2 aromatic carbocycles. The van der Waals surface area contributed by atoms with Gasteiger partial charge >= 0.3 is 0 Å². The number of nitrogens with one attached hydrogen (secondary N) is 2. The number of anilines is 4. The molecule has 0 saturated heterocycles. The normalized spacial score (nSPS) is 10.6. The zero-order valence-corrected chi connectivity index (χ0v) is 16.3. The van der Waals surface area contributed by atoms with Crippen LogP contribution in [-0.4, -0.2) is 19.9 Å². The first kappa shape index (κ1) is 19.3. The van der Waals surface area contributed by atoms with Gasteiger partial charge in [-0.15, -0.1) is 0 Å². The first-order valence-electron chi connectivity index (χ1n) is 9.35. The lowest BCUT2D eigenvalue weighted by molar-refractivity contribution is 0.612. The second kappa shape index (κ2) is 8.52. The number of hydrogen-bond acceptors (Lipinski definition) is 7. The van der Waals surface area contributed by atoms with E-state index in [1.54, 1.807) is 36.7 Å². The second-order valence-corrected chi connectivity index (χ2v) is 6.67. The summed E-state index contributed by atoms with van der Waals surface area (Å²) in [6.07, 6.45) is 3.35. The van der Waals surface area contributed by atoms with Crippen LogP contribution in [0.15, 0.2) is 67.0 Å². The van der Waals surface area contributed by atoms with Crippen LogP contribution in [0.5, 0.6) is 0 Å². The van der Waals surface area contributed by atoms with Gasteiger partial charge in [-0.1, -0.05) is 30.3 Å². The van der Waals surface area contributed by atoms with Gasteiger partial charge in [0, 0.05) is 35.8 Å². The van der Waals surface area contributed by atoms with E-state index in [0.29, 0.717) is 23.9 Å². The highest BCUT2D eigenvalue weighted by molar-refractivity contribution is 5.67. The molecule has 150 valence electrons. The number of hydrogen-bond donors (Lipinski definition) is 3. The van der Waals surface area contributed by atoms with Crippen LogP contribution in [-0.2, 0) is 6.54 Å². The van der Waals surface area contributed by atoms with E-state index in [0.717, 1.165) is 22.5 Å². The summed E-state index contributed by atoms with van der Waals surface area (Å²) in [4.78, 5) is 16.9. The van der Waals surface area contributed by atoms with Crippen LogP contribution >= 0.6 is 0 Å². The van der Waals surface area contributed by atoms with Gasteiger partial charge in [-0.25, -0.2) is 19.3 Å². The van der Waals surface area contributed by atoms with Crippen molar-refractivity contribution in [3.63, 3.8) is 0 Å². The molecule has 0 unspecified atom stereocenters. The Kier molecular flexibility index (Phi) is 5.47. The molecule has 4 aromatic rings. The highest BCUT2D eigenvalue weighted by Gasteiger charge is 2.07. The van der Waals surface area contributed by atoms with Crippen molar-refractivity contribution in [2.24, 2.45) is 0 Å². The van der Waals surface area contributed by atoms with Crippen molar-refractivity contribution in [2.75, 3.05) is 16.4 Å². The second-order valence-electron chi connectivity index (χ2n) is 6.67. The van der Waals surface area contributed by atoms with Crippen molar-refractivity contribution in [3.8, 4) is 11.3 Å². The molecule has 2 heterocycles. The molecule has 2 aromatic heterocycles. The quantitative estimate of drug-likeness (QED) is 0.442. The maximum atomic E-state index is 13.8. The molecule has 0 aliphatic carbocycles. The molecule has 0 aliphatic heterocycles. The number of nitrogens with zero attached hydrogens (tertiary/aromatic N) is 4. The van der Waals surface area contributed by atoms with Gasteiger partial charge in [0.25, 0.3) is 0 Å². The van der Waals surface area contributed by atoms with Gasteiger partial charge in [-0.05, 0) is 36.8 Å². The Bertz CT molecular complexity index is 1160. The average molecular weight is 401 g/mol. The maximum Gasteiger partial charge on any atom is 0.224 e. The number of nitrogen functional groups attached to an aromatic ring is 1. The lowest BCUT2D eigenvalue weighted by Gasteiger charge is -2.10. The third-order valence-corrected chi connectivity index (χ3v) is 4.47. The van der Waals surface area contributed by atoms with Crippen LogP contribution in [0.25, 0.3) is 11.3 Å². The highest BCUT2D eigenvalue weighted by Crippen LogP contribution is 2.24. The number of halogens is 1. The predicted molar refractivity (Wildman–Crippen MR) is 116 cm³/mol. The Morgan fingerprint density at radius 1 is 0.967 bits per heavy atom. The SMILES string of the molecule is Cc1cnc(N)nc1-c1ccc(Nc2ccnc(NCc3ccccc3F)n2)cc1. The van der Waals surface area contributed by atoms with Crippen molar-refractivity contribution in [2.45, 2.75) is 13.5 Å². The van der Waals surface area contributed by atoms with Gasteiger partial charge in [0.15, 0.2) is 0 Å². The number of aryl methyl sites for hydroxylation is 1. The maximum absolute atomic E-state index is 13.8. The van der Waals surface area contributed by atoms with E-state index >= 15 is 0 Å². The van der Waals surface area contributed by atoms with E-state index in [2.05, 4.69) is 30.6 Å². The van der Waals surface area contributed by atoms with Crippen molar-refractivity contribution in [3.05, 3.63) is 83.9 Å². The summed E-state index contributed by atoms with van der Waals surface area (Å²) in [6, 6.07) is 16.1. The molecule has 0 bridgehead atoms. The minimum atomic E-state index is -0.264. The lowest BCUT2D eigenvalue weighted by atomic mass is 10.1. The van der Waals surface area contributed by atoms with Gasteiger partial charge < -0.3 is 16.4 Å². The summed E-state index contributed by atoms with van der Waals surface area (Å²) in [5.74, 6) is 1.01. The molecule has 4 rings (SSSR count). The zero-order valence-electron chi connectivity index (χ0n) is 16.3. The van der Waals surface area contributed by atoms with E-state index in [1.165, 1.54) is 6.07 Å². The van der Waals surface area contributed by atoms with Crippen LogP contribution < -0.4 is 16.4 Å². The van der Waals surface area contributed by atoms with Crippen LogP contribution in [0.3, 0.4) is 0 Å². The largest absolute Gasteiger partial charge is 0.368 e. The minimum absolute atomic E-state index is 0.245. The number of nitrogens with two attached hydrogens (primary N) is 1. The number of benzene rings is 2. The summed E-state index contributed by atoms with van der Waals surface area (Å²) < 4.78 is 13.8. The average Bonchev–Trinajstić information content (AvgIpc) is 2.76. The molecule has 7 nitrogen and oxygen atoms in total. The predicted octanol–water partition coefficient (Wildman–Crippen LogP) is 4.32. The molecule has 0 aliphatic rings. The minimum Gasteiger partial charge on any atom is -0.368 e. The zero-order chi connectivity index (χ0) is 20.9. The highest BCUT2D eigenvalue weighted by atomic mass is 19.1. The van der Waals surface area contributed by atoms with Gasteiger partial charge in [0.2, 0.25) is 11.9 Å². The molecular formula is C22H20FN7. The Morgan fingerprint density at radius 2 is 1.77 bits per heavy atom. The van der Waals surface area contributed by atoms with Crippen molar-refractivity contribution in [1.29, 1.82) is 0 Å². The topological polar surface area (TPSA) is 102 Å². The first-order chi connectivity index (χ1) is 14.6. The van der Waals surface area contributed by atoms with Gasteiger partial charge in [0.1, 0.15) is 11.6 Å². The first-order valence-corrected chi connectivity index (χ1v) is 9.35. The van der Waals surface area contributed by atoms with Crippen LogP contribution in [0, 0.1) is 12.7 Å². The summed E-state index contributed by atoms with van der Waals surface area (Å²) >= 11 is 0. The third kappa shape index (κ3) is 4.49. The van der Waals surface area contributed by atoms with Crippen LogP contribution in [0.2, 0.25) is 0 Å². The molecular weight excluding hydrogens is 381 g/mol. The molecule has 0 saturated carbocycles. The summed E-state index contributed by atoms with van der Waals surface area (Å²) in [5, 5.41) is 6.28. The smallest absolute Gasteiger partial charge is 0.224 e. The van der Waals surface area contributed by atoms with Crippen molar-refractivity contribution in [1.82, 2.24) is 19.9 Å². The standard InChI is InChI=1S/C22H20FN7/c1-14-12-26-21(24)30-20(14)15-6-8-17(9-7-15)28-19-10-11-25-22(29-19)27-13-16-4-2-3-5-18(16)23/h2-12H,13H2,1H3,(H2,24,26,30)(H2,25,27,28,29). The molecule has 0 atom stereocenters. The summed E-state index contributed by atoms with van der Waals surface area (Å²) in [6.45, 7) is 2.24. The molecule has 30 heavy (non-hydrogen) atoms. The van der Waals surface area contributed by atoms with Gasteiger partial charge in [-0.2, -0.15) is 4.98 Å². The van der Waals surface area contributed by atoms with E-state index in [-0.39, 0.29) is 11.8 Å². The lowest BCUT2D eigenvalue weighted by Crippen LogP contribution is -2.06. The molecule has 8 heteroatoms. The molecule has 4 N–H and O–H groups in total. The summed E-state index contributed by atoms with van der Waals surface area (Å²) in [5.41, 5.74) is 9.81. The van der Waals surface area contributed by atoms with Crippen molar-refractivity contribution >= 4 is 23.4 Å². The van der Waals surface area contributed by atoms with Crippen LogP contribution in [0.1, 0.15) is 11.1 Å². The monoisotopic (exact) mass is 401 g/mol. The van der Waals surface area contributed by atoms with E-state index < -0.39 is 0 Å². The number of aromatic nitrogens is 4. The Hall–Kier alpha value is -4.07.